The quantitative estimate of drug-likeness (QED) is 0.554. The fourth-order valence-electron chi connectivity index (χ4n) is 4.45. The van der Waals surface area contributed by atoms with Crippen LogP contribution in [0.2, 0.25) is 0 Å². The van der Waals surface area contributed by atoms with Crippen LogP contribution in [0.15, 0.2) is 84.9 Å². The first-order chi connectivity index (χ1) is 16.1. The lowest BCUT2D eigenvalue weighted by atomic mass is 9.90. The Hall–Kier alpha value is -3.47. The molecule has 0 unspecified atom stereocenters. The van der Waals surface area contributed by atoms with Gasteiger partial charge in [0.2, 0.25) is 11.8 Å². The lowest BCUT2D eigenvalue weighted by molar-refractivity contribution is -0.138. The molecule has 0 saturated carbocycles. The maximum Gasteiger partial charge on any atom is 0.224 e. The molecule has 1 N–H and O–H groups in total. The van der Waals surface area contributed by atoms with Gasteiger partial charge >= 0.3 is 0 Å². The highest BCUT2D eigenvalue weighted by molar-refractivity contribution is 5.83. The first kappa shape index (κ1) is 22.7. The van der Waals surface area contributed by atoms with Gasteiger partial charge < -0.3 is 10.2 Å². The summed E-state index contributed by atoms with van der Waals surface area (Å²) in [5.74, 6) is -0.411. The summed E-state index contributed by atoms with van der Waals surface area (Å²) in [7, 11) is 0. The summed E-state index contributed by atoms with van der Waals surface area (Å²) in [6.07, 6.45) is 1.49. The molecule has 4 nitrogen and oxygen atoms in total. The Balaban J connectivity index is 1.37. The summed E-state index contributed by atoms with van der Waals surface area (Å²) >= 11 is 0. The molecule has 1 aliphatic heterocycles. The number of amides is 2. The topological polar surface area (TPSA) is 49.4 Å². The zero-order valence-corrected chi connectivity index (χ0v) is 18.6. The Labute approximate surface area is 194 Å². The van der Waals surface area contributed by atoms with E-state index in [9.17, 15) is 14.0 Å². The van der Waals surface area contributed by atoms with Crippen molar-refractivity contribution in [2.75, 3.05) is 19.6 Å². The van der Waals surface area contributed by atoms with Crippen molar-refractivity contribution in [3.8, 4) is 0 Å². The maximum atomic E-state index is 13.4. The Bertz CT molecular complexity index is 1030. The maximum absolute atomic E-state index is 13.4. The summed E-state index contributed by atoms with van der Waals surface area (Å²) in [5, 5.41) is 3.14. The first-order valence-electron chi connectivity index (χ1n) is 11.5. The Kier molecular flexibility index (Phi) is 7.51. The molecule has 170 valence electrons. The Morgan fingerprint density at radius 2 is 1.64 bits per heavy atom. The van der Waals surface area contributed by atoms with Gasteiger partial charge in [0.15, 0.2) is 0 Å². The number of piperidine rings is 1. The van der Waals surface area contributed by atoms with Gasteiger partial charge in [-0.25, -0.2) is 4.39 Å². The van der Waals surface area contributed by atoms with Crippen molar-refractivity contribution in [3.05, 3.63) is 107 Å². The first-order valence-corrected chi connectivity index (χ1v) is 11.5. The van der Waals surface area contributed by atoms with Crippen molar-refractivity contribution in [1.29, 1.82) is 0 Å². The predicted octanol–water partition coefficient (Wildman–Crippen LogP) is 4.56. The summed E-state index contributed by atoms with van der Waals surface area (Å²) in [5.41, 5.74) is 3.15. The Morgan fingerprint density at radius 1 is 0.970 bits per heavy atom. The number of carbonyl (C=O) groups is 2. The van der Waals surface area contributed by atoms with Gasteiger partial charge in [-0.05, 0) is 41.7 Å². The highest BCUT2D eigenvalue weighted by atomic mass is 19.1. The SMILES string of the molecule is O=C(NCC(c1ccccc1)c1ccccc1)[C@@H]1CCC(=O)N(CCc2cccc(F)c2)C1. The van der Waals surface area contributed by atoms with E-state index in [1.54, 1.807) is 11.0 Å². The number of carbonyl (C=O) groups excluding carboxylic acids is 2. The molecule has 0 aliphatic carbocycles. The molecule has 1 saturated heterocycles. The van der Waals surface area contributed by atoms with E-state index in [-0.39, 0.29) is 29.5 Å². The van der Waals surface area contributed by atoms with Crippen molar-refractivity contribution in [1.82, 2.24) is 10.2 Å². The molecule has 1 aliphatic rings. The average Bonchev–Trinajstić information content (AvgIpc) is 2.85. The second kappa shape index (κ2) is 10.9. The third-order valence-corrected chi connectivity index (χ3v) is 6.31. The molecule has 1 fully saturated rings. The highest BCUT2D eigenvalue weighted by Crippen LogP contribution is 2.24. The van der Waals surface area contributed by atoms with Gasteiger partial charge in [0.05, 0.1) is 5.92 Å². The summed E-state index contributed by atoms with van der Waals surface area (Å²) in [6.45, 7) is 1.39. The van der Waals surface area contributed by atoms with E-state index in [1.807, 2.05) is 42.5 Å². The van der Waals surface area contributed by atoms with Crippen LogP contribution in [0.5, 0.6) is 0 Å². The predicted molar refractivity (Wildman–Crippen MR) is 127 cm³/mol. The average molecular weight is 445 g/mol. The van der Waals surface area contributed by atoms with E-state index in [4.69, 9.17) is 0 Å². The molecule has 3 aromatic rings. The van der Waals surface area contributed by atoms with Crippen LogP contribution in [-0.4, -0.2) is 36.3 Å². The normalized spacial score (nSPS) is 16.1. The summed E-state index contributed by atoms with van der Waals surface area (Å²) in [4.78, 5) is 27.2. The third kappa shape index (κ3) is 6.07. The fourth-order valence-corrected chi connectivity index (χ4v) is 4.45. The molecule has 3 aromatic carbocycles. The van der Waals surface area contributed by atoms with Crippen LogP contribution in [0.4, 0.5) is 4.39 Å². The van der Waals surface area contributed by atoms with Crippen LogP contribution in [0.1, 0.15) is 35.4 Å². The number of likely N-dealkylation sites (tertiary alicyclic amines) is 1. The standard InChI is InChI=1S/C28H29FN2O2/c29-25-13-7-8-21(18-25)16-17-31-20-24(14-15-27(31)32)28(33)30-19-26(22-9-3-1-4-10-22)23-11-5-2-6-12-23/h1-13,18,24,26H,14-17,19-20H2,(H,30,33)/t24-/m1/s1. The molecule has 2 amide bonds. The van der Waals surface area contributed by atoms with Crippen LogP contribution in [0.25, 0.3) is 0 Å². The number of hydrogen-bond donors (Lipinski definition) is 1. The minimum absolute atomic E-state index is 0.0184. The number of nitrogens with one attached hydrogen (secondary N) is 1. The van der Waals surface area contributed by atoms with E-state index in [0.717, 1.165) is 16.7 Å². The smallest absolute Gasteiger partial charge is 0.224 e. The molecule has 0 radical (unpaired) electrons. The molecule has 4 rings (SSSR count). The third-order valence-electron chi connectivity index (χ3n) is 6.31. The van der Waals surface area contributed by atoms with Crippen molar-refractivity contribution in [2.24, 2.45) is 5.92 Å². The van der Waals surface area contributed by atoms with Gasteiger partial charge in [-0.2, -0.15) is 0 Å². The molecule has 33 heavy (non-hydrogen) atoms. The van der Waals surface area contributed by atoms with Crippen LogP contribution in [0.3, 0.4) is 0 Å². The molecule has 1 atom stereocenters. The van der Waals surface area contributed by atoms with Crippen molar-refractivity contribution in [2.45, 2.75) is 25.2 Å². The molecule has 5 heteroatoms. The van der Waals surface area contributed by atoms with Crippen LogP contribution >= 0.6 is 0 Å². The van der Waals surface area contributed by atoms with Crippen molar-refractivity contribution < 1.29 is 14.0 Å². The lowest BCUT2D eigenvalue weighted by Gasteiger charge is -2.32. The molecule has 0 bridgehead atoms. The summed E-state index contributed by atoms with van der Waals surface area (Å²) < 4.78 is 13.4. The minimum Gasteiger partial charge on any atom is -0.355 e. The molecule has 1 heterocycles. The van der Waals surface area contributed by atoms with Crippen LogP contribution < -0.4 is 5.32 Å². The molecular formula is C28H29FN2O2. The van der Waals surface area contributed by atoms with Crippen LogP contribution in [0, 0.1) is 11.7 Å². The lowest BCUT2D eigenvalue weighted by Crippen LogP contribution is -2.47. The van der Waals surface area contributed by atoms with Gasteiger partial charge in [-0.15, -0.1) is 0 Å². The van der Waals surface area contributed by atoms with Crippen molar-refractivity contribution in [3.63, 3.8) is 0 Å². The second-order valence-electron chi connectivity index (χ2n) is 8.57. The zero-order chi connectivity index (χ0) is 23.0. The number of hydrogen-bond acceptors (Lipinski definition) is 2. The minimum atomic E-state index is -0.277. The van der Waals surface area contributed by atoms with E-state index in [2.05, 4.69) is 29.6 Å². The van der Waals surface area contributed by atoms with E-state index in [0.29, 0.717) is 38.9 Å². The second-order valence-corrected chi connectivity index (χ2v) is 8.57. The summed E-state index contributed by atoms with van der Waals surface area (Å²) in [6, 6.07) is 26.8. The van der Waals surface area contributed by atoms with E-state index < -0.39 is 0 Å². The van der Waals surface area contributed by atoms with E-state index in [1.165, 1.54) is 12.1 Å². The van der Waals surface area contributed by atoms with Gasteiger partial charge in [0.25, 0.3) is 0 Å². The largest absolute Gasteiger partial charge is 0.355 e. The molecule has 0 spiro atoms. The number of benzene rings is 3. The molecular weight excluding hydrogens is 415 g/mol. The van der Waals surface area contributed by atoms with Gasteiger partial charge in [0, 0.05) is 32.0 Å². The highest BCUT2D eigenvalue weighted by Gasteiger charge is 2.30. The monoisotopic (exact) mass is 444 g/mol. The Morgan fingerprint density at radius 3 is 2.27 bits per heavy atom. The van der Waals surface area contributed by atoms with Gasteiger partial charge in [-0.3, -0.25) is 9.59 Å². The fraction of sp³-hybridized carbons (Fsp3) is 0.286. The van der Waals surface area contributed by atoms with Crippen LogP contribution in [-0.2, 0) is 16.0 Å². The zero-order valence-electron chi connectivity index (χ0n) is 18.6. The van der Waals surface area contributed by atoms with Gasteiger partial charge in [0.1, 0.15) is 5.82 Å². The number of halogens is 1. The number of rotatable bonds is 8. The molecule has 0 aromatic heterocycles. The van der Waals surface area contributed by atoms with Crippen molar-refractivity contribution >= 4 is 11.8 Å². The van der Waals surface area contributed by atoms with Gasteiger partial charge in [-0.1, -0.05) is 72.8 Å². The van der Waals surface area contributed by atoms with E-state index >= 15 is 0 Å². The number of nitrogens with zero attached hydrogens (tertiary/aromatic N) is 1.